The van der Waals surface area contributed by atoms with E-state index in [1.54, 1.807) is 0 Å². The first-order valence-electron chi connectivity index (χ1n) is 3.17. The van der Waals surface area contributed by atoms with Crippen LogP contribution in [-0.2, 0) is 9.53 Å². The molecule has 0 aliphatic heterocycles. The molecule has 54 valence electrons. The van der Waals surface area contributed by atoms with Crippen LogP contribution in [0.3, 0.4) is 0 Å². The summed E-state index contributed by atoms with van der Waals surface area (Å²) in [6.45, 7) is 2.03. The summed E-state index contributed by atoms with van der Waals surface area (Å²) in [7, 11) is 0. The molecule has 0 saturated heterocycles. The maximum atomic E-state index is 10.5. The number of ether oxygens (including phenoxy) is 1. The Morgan fingerprint density at radius 2 is 2.33 bits per heavy atom. The summed E-state index contributed by atoms with van der Waals surface area (Å²) in [5.74, 6) is -0.195. The summed E-state index contributed by atoms with van der Waals surface area (Å²) in [5.41, 5.74) is 4.96. The van der Waals surface area contributed by atoms with E-state index in [1.165, 1.54) is 0 Å². The lowest BCUT2D eigenvalue weighted by Gasteiger charge is -1.97. The maximum Gasteiger partial charge on any atom is 0.307 e. The highest BCUT2D eigenvalue weighted by molar-refractivity contribution is 5.69. The van der Waals surface area contributed by atoms with Crippen molar-refractivity contribution >= 4 is 5.97 Å². The van der Waals surface area contributed by atoms with E-state index in [4.69, 9.17) is 5.73 Å². The van der Waals surface area contributed by atoms with Gasteiger partial charge in [0.05, 0.1) is 0 Å². The molecule has 0 fully saturated rings. The Morgan fingerprint density at radius 3 is 2.78 bits per heavy atom. The van der Waals surface area contributed by atoms with E-state index < -0.39 is 0 Å². The highest BCUT2D eigenvalue weighted by atomic mass is 16.5. The number of unbranched alkanes of at least 4 members (excludes halogenated alkanes) is 1. The van der Waals surface area contributed by atoms with Gasteiger partial charge in [-0.2, -0.15) is 0 Å². The Balaban J connectivity index is 3.06. The fourth-order valence-corrected chi connectivity index (χ4v) is 0.486. The zero-order chi connectivity index (χ0) is 7.11. The van der Waals surface area contributed by atoms with Crippen LogP contribution in [0.4, 0.5) is 0 Å². The van der Waals surface area contributed by atoms with Gasteiger partial charge in [-0.25, -0.2) is 0 Å². The molecular formula is C6H13NO2. The minimum Gasteiger partial charge on any atom is -0.450 e. The second-order valence-electron chi connectivity index (χ2n) is 1.79. The van der Waals surface area contributed by atoms with Crippen LogP contribution in [0.25, 0.3) is 0 Å². The first kappa shape index (κ1) is 8.43. The van der Waals surface area contributed by atoms with Gasteiger partial charge < -0.3 is 4.74 Å². The van der Waals surface area contributed by atoms with E-state index in [2.05, 4.69) is 4.74 Å². The quantitative estimate of drug-likeness (QED) is 0.450. The molecule has 0 amide bonds. The third-order valence-electron chi connectivity index (χ3n) is 0.979. The van der Waals surface area contributed by atoms with Crippen LogP contribution in [0, 0.1) is 0 Å². The summed E-state index contributed by atoms with van der Waals surface area (Å²) in [6.07, 6.45) is 2.40. The summed E-state index contributed by atoms with van der Waals surface area (Å²) in [5, 5.41) is 0. The van der Waals surface area contributed by atoms with E-state index in [0.717, 1.165) is 12.8 Å². The van der Waals surface area contributed by atoms with Crippen molar-refractivity contribution in [2.24, 2.45) is 5.73 Å². The van der Waals surface area contributed by atoms with E-state index >= 15 is 0 Å². The van der Waals surface area contributed by atoms with Crippen LogP contribution in [-0.4, -0.2) is 12.7 Å². The number of esters is 1. The maximum absolute atomic E-state index is 10.5. The summed E-state index contributed by atoms with van der Waals surface area (Å²) < 4.78 is 4.48. The molecule has 0 radical (unpaired) electrons. The Morgan fingerprint density at radius 1 is 1.67 bits per heavy atom. The van der Waals surface area contributed by atoms with Crippen molar-refractivity contribution in [3.63, 3.8) is 0 Å². The van der Waals surface area contributed by atoms with Crippen molar-refractivity contribution < 1.29 is 9.53 Å². The third kappa shape index (κ3) is 5.30. The molecule has 0 heterocycles. The predicted octanol–water partition coefficient (Wildman–Crippen LogP) is 0.636. The van der Waals surface area contributed by atoms with Gasteiger partial charge in [0, 0.05) is 6.42 Å². The van der Waals surface area contributed by atoms with Crippen molar-refractivity contribution in [1.82, 2.24) is 0 Å². The first-order chi connectivity index (χ1) is 4.31. The number of carbonyl (C=O) groups is 1. The van der Waals surface area contributed by atoms with E-state index in [-0.39, 0.29) is 12.7 Å². The molecule has 3 nitrogen and oxygen atoms in total. The largest absolute Gasteiger partial charge is 0.450 e. The molecule has 0 atom stereocenters. The van der Waals surface area contributed by atoms with Crippen LogP contribution in [0.1, 0.15) is 26.2 Å². The number of nitrogens with two attached hydrogens (primary N) is 1. The van der Waals surface area contributed by atoms with Crippen LogP contribution in [0.5, 0.6) is 0 Å². The van der Waals surface area contributed by atoms with Crippen molar-refractivity contribution in [3.05, 3.63) is 0 Å². The molecule has 3 heteroatoms. The molecule has 0 rings (SSSR count). The van der Waals surface area contributed by atoms with Crippen molar-refractivity contribution in [2.45, 2.75) is 26.2 Å². The topological polar surface area (TPSA) is 52.3 Å². The lowest BCUT2D eigenvalue weighted by molar-refractivity contribution is -0.143. The van der Waals surface area contributed by atoms with Crippen molar-refractivity contribution in [1.29, 1.82) is 0 Å². The highest BCUT2D eigenvalue weighted by Crippen LogP contribution is 1.94. The Bertz CT molecular complexity index is 83.1. The van der Waals surface area contributed by atoms with E-state index in [0.29, 0.717) is 6.42 Å². The smallest absolute Gasteiger partial charge is 0.307 e. The molecule has 0 aliphatic carbocycles. The molecule has 0 aromatic heterocycles. The van der Waals surface area contributed by atoms with Crippen LogP contribution < -0.4 is 5.73 Å². The second-order valence-corrected chi connectivity index (χ2v) is 1.79. The van der Waals surface area contributed by atoms with Gasteiger partial charge in [-0.15, -0.1) is 0 Å². The average molecular weight is 131 g/mol. The zero-order valence-corrected chi connectivity index (χ0v) is 5.72. The third-order valence-corrected chi connectivity index (χ3v) is 0.979. The molecule has 0 aromatic rings. The molecule has 0 spiro atoms. The van der Waals surface area contributed by atoms with Gasteiger partial charge in [-0.1, -0.05) is 13.3 Å². The molecule has 0 aromatic carbocycles. The molecule has 0 aliphatic rings. The van der Waals surface area contributed by atoms with Gasteiger partial charge in [-0.3, -0.25) is 10.5 Å². The van der Waals surface area contributed by atoms with Crippen LogP contribution in [0.15, 0.2) is 0 Å². The van der Waals surface area contributed by atoms with Crippen molar-refractivity contribution in [3.8, 4) is 0 Å². The second kappa shape index (κ2) is 5.56. The molecule has 2 N–H and O–H groups in total. The van der Waals surface area contributed by atoms with E-state index in [1.807, 2.05) is 6.92 Å². The number of hydrogen-bond donors (Lipinski definition) is 1. The van der Waals surface area contributed by atoms with E-state index in [9.17, 15) is 4.79 Å². The fourth-order valence-electron chi connectivity index (χ4n) is 0.486. The number of rotatable bonds is 4. The van der Waals surface area contributed by atoms with Gasteiger partial charge in [0.2, 0.25) is 0 Å². The average Bonchev–Trinajstić information content (AvgIpc) is 1.85. The Hall–Kier alpha value is -0.570. The van der Waals surface area contributed by atoms with Gasteiger partial charge in [0.25, 0.3) is 0 Å². The highest BCUT2D eigenvalue weighted by Gasteiger charge is 1.97. The lowest BCUT2D eigenvalue weighted by atomic mass is 10.3. The molecular weight excluding hydrogens is 118 g/mol. The zero-order valence-electron chi connectivity index (χ0n) is 5.72. The summed E-state index contributed by atoms with van der Waals surface area (Å²) >= 11 is 0. The minimum atomic E-state index is -0.195. The molecule has 0 saturated carbocycles. The monoisotopic (exact) mass is 131 g/mol. The molecule has 9 heavy (non-hydrogen) atoms. The predicted molar refractivity (Wildman–Crippen MR) is 34.7 cm³/mol. The summed E-state index contributed by atoms with van der Waals surface area (Å²) in [4.78, 5) is 10.5. The first-order valence-corrected chi connectivity index (χ1v) is 3.17. The molecule has 0 unspecified atom stereocenters. The van der Waals surface area contributed by atoms with Crippen molar-refractivity contribution in [2.75, 3.05) is 6.73 Å². The van der Waals surface area contributed by atoms with Gasteiger partial charge in [0.15, 0.2) is 0 Å². The Kier molecular flexibility index (Phi) is 5.21. The van der Waals surface area contributed by atoms with Gasteiger partial charge in [0.1, 0.15) is 6.73 Å². The number of hydrogen-bond acceptors (Lipinski definition) is 3. The number of carbonyl (C=O) groups excluding carboxylic acids is 1. The van der Waals surface area contributed by atoms with Crippen LogP contribution in [0.2, 0.25) is 0 Å². The molecule has 0 bridgehead atoms. The standard InChI is InChI=1S/C6H13NO2/c1-2-3-4-6(8)9-5-7/h2-5,7H2,1H3. The lowest BCUT2D eigenvalue weighted by Crippen LogP contribution is -2.11. The Labute approximate surface area is 55.2 Å². The SMILES string of the molecule is CCCCC(=O)OCN. The fraction of sp³-hybridized carbons (Fsp3) is 0.833. The van der Waals surface area contributed by atoms with Crippen LogP contribution >= 0.6 is 0 Å². The van der Waals surface area contributed by atoms with Gasteiger partial charge in [-0.05, 0) is 6.42 Å². The minimum absolute atomic E-state index is 0.00253. The summed E-state index contributed by atoms with van der Waals surface area (Å²) in [6, 6.07) is 0. The normalized spacial score (nSPS) is 9.11. The van der Waals surface area contributed by atoms with Gasteiger partial charge >= 0.3 is 5.97 Å².